The molecule has 2 N–H and O–H groups in total. The fourth-order valence-corrected chi connectivity index (χ4v) is 2.95. The molecule has 1 atom stereocenters. The number of carbonyl (C=O) groups excluding carboxylic acids is 2. The van der Waals surface area contributed by atoms with E-state index in [4.69, 9.17) is 0 Å². The minimum Gasteiger partial charge on any atom is -0.331 e. The lowest BCUT2D eigenvalue weighted by molar-refractivity contribution is -0.135. The number of amides is 2. The third kappa shape index (κ3) is 3.29. The number of carbonyl (C=O) groups is 2. The molecule has 24 heavy (non-hydrogen) atoms. The third-order valence-electron chi connectivity index (χ3n) is 4.18. The maximum absolute atomic E-state index is 12.5. The first-order valence-electron chi connectivity index (χ1n) is 8.18. The number of rotatable bonds is 5. The summed E-state index contributed by atoms with van der Waals surface area (Å²) in [5, 5.41) is 9.81. The van der Waals surface area contributed by atoms with Crippen LogP contribution in [0.2, 0.25) is 0 Å². The summed E-state index contributed by atoms with van der Waals surface area (Å²) >= 11 is 0. The molecule has 3 rings (SSSR count). The largest absolute Gasteiger partial charge is 0.331 e. The summed E-state index contributed by atoms with van der Waals surface area (Å²) in [5.74, 6) is 1.30. The highest BCUT2D eigenvalue weighted by molar-refractivity contribution is 5.97. The lowest BCUT2D eigenvalue weighted by Crippen LogP contribution is -2.44. The first kappa shape index (κ1) is 16.2. The van der Waals surface area contributed by atoms with Crippen LogP contribution in [-0.2, 0) is 9.59 Å². The number of hydrogen-bond acceptors (Lipinski definition) is 4. The van der Waals surface area contributed by atoms with Gasteiger partial charge < -0.3 is 10.2 Å². The molecule has 0 saturated carbocycles. The van der Waals surface area contributed by atoms with Gasteiger partial charge in [-0.1, -0.05) is 6.92 Å². The van der Waals surface area contributed by atoms with Crippen molar-refractivity contribution in [2.45, 2.75) is 39.2 Å². The molecule has 7 nitrogen and oxygen atoms in total. The van der Waals surface area contributed by atoms with Crippen LogP contribution in [0.1, 0.15) is 32.0 Å². The summed E-state index contributed by atoms with van der Waals surface area (Å²) in [6, 6.07) is 6.95. The molecule has 0 aliphatic carbocycles. The highest BCUT2D eigenvalue weighted by atomic mass is 16.2. The molecule has 1 fully saturated rings. The monoisotopic (exact) mass is 327 g/mol. The summed E-state index contributed by atoms with van der Waals surface area (Å²) < 4.78 is 0. The van der Waals surface area contributed by atoms with Crippen LogP contribution < -0.4 is 5.32 Å². The zero-order valence-corrected chi connectivity index (χ0v) is 13.9. The van der Waals surface area contributed by atoms with Gasteiger partial charge in [-0.15, -0.1) is 0 Å². The van der Waals surface area contributed by atoms with Crippen molar-refractivity contribution < 1.29 is 9.59 Å². The third-order valence-corrected chi connectivity index (χ3v) is 4.18. The Morgan fingerprint density at radius 2 is 2.12 bits per heavy atom. The first-order valence-corrected chi connectivity index (χ1v) is 8.18. The number of aromatic amines is 1. The summed E-state index contributed by atoms with van der Waals surface area (Å²) in [5.41, 5.74) is 1.57. The molecule has 1 aliphatic rings. The Hall–Kier alpha value is -2.70. The number of aromatic nitrogens is 3. The summed E-state index contributed by atoms with van der Waals surface area (Å²) in [4.78, 5) is 30.3. The van der Waals surface area contributed by atoms with Gasteiger partial charge in [0.2, 0.25) is 11.8 Å². The van der Waals surface area contributed by atoms with Crippen molar-refractivity contribution >= 4 is 17.5 Å². The number of nitrogens with one attached hydrogen (secondary N) is 2. The second kappa shape index (κ2) is 6.82. The molecule has 0 radical (unpaired) electrons. The SMILES string of the molecule is CC[C@@H](C(=O)Nc1ccc(-c2n[nH]c(C)n2)cc1)N1CCCC1=O. The molecular formula is C17H21N5O2. The highest BCUT2D eigenvalue weighted by Crippen LogP contribution is 2.20. The van der Waals surface area contributed by atoms with Crippen molar-refractivity contribution in [2.24, 2.45) is 0 Å². The summed E-state index contributed by atoms with van der Waals surface area (Å²) in [7, 11) is 0. The molecule has 7 heteroatoms. The number of aryl methyl sites for hydroxylation is 1. The predicted molar refractivity (Wildman–Crippen MR) is 90.2 cm³/mol. The van der Waals surface area contributed by atoms with Gasteiger partial charge in [0.05, 0.1) is 0 Å². The minimum atomic E-state index is -0.407. The fraction of sp³-hybridized carbons (Fsp3) is 0.412. The van der Waals surface area contributed by atoms with Crippen LogP contribution in [0.3, 0.4) is 0 Å². The second-order valence-electron chi connectivity index (χ2n) is 5.93. The minimum absolute atomic E-state index is 0.0623. The van der Waals surface area contributed by atoms with E-state index < -0.39 is 6.04 Å². The van der Waals surface area contributed by atoms with Gasteiger partial charge in [0, 0.05) is 24.2 Å². The molecule has 1 aromatic heterocycles. The molecule has 0 bridgehead atoms. The van der Waals surface area contributed by atoms with Crippen LogP contribution in [0.4, 0.5) is 5.69 Å². The predicted octanol–water partition coefficient (Wildman–Crippen LogP) is 2.12. The molecule has 2 heterocycles. The van der Waals surface area contributed by atoms with E-state index in [2.05, 4.69) is 20.5 Å². The van der Waals surface area contributed by atoms with Gasteiger partial charge in [-0.2, -0.15) is 5.10 Å². The number of nitrogens with zero attached hydrogens (tertiary/aromatic N) is 3. The Labute approximate surface area is 140 Å². The van der Waals surface area contributed by atoms with E-state index in [0.29, 0.717) is 30.9 Å². The van der Waals surface area contributed by atoms with Gasteiger partial charge in [-0.05, 0) is 44.0 Å². The van der Waals surface area contributed by atoms with E-state index in [1.807, 2.05) is 38.1 Å². The van der Waals surface area contributed by atoms with Crippen molar-refractivity contribution in [3.63, 3.8) is 0 Å². The maximum atomic E-state index is 12.5. The molecule has 0 spiro atoms. The molecular weight excluding hydrogens is 306 g/mol. The molecule has 0 unspecified atom stereocenters. The average Bonchev–Trinajstić information content (AvgIpc) is 3.18. The van der Waals surface area contributed by atoms with Crippen molar-refractivity contribution in [3.8, 4) is 11.4 Å². The molecule has 1 aliphatic heterocycles. The Bertz CT molecular complexity index is 738. The van der Waals surface area contributed by atoms with Crippen molar-refractivity contribution in [2.75, 3.05) is 11.9 Å². The van der Waals surface area contributed by atoms with Crippen molar-refractivity contribution in [1.29, 1.82) is 0 Å². The highest BCUT2D eigenvalue weighted by Gasteiger charge is 2.31. The second-order valence-corrected chi connectivity index (χ2v) is 5.93. The van der Waals surface area contributed by atoms with Crippen molar-refractivity contribution in [3.05, 3.63) is 30.1 Å². The number of H-pyrrole nitrogens is 1. The van der Waals surface area contributed by atoms with E-state index in [0.717, 1.165) is 17.8 Å². The summed E-state index contributed by atoms with van der Waals surface area (Å²) in [6.45, 7) is 4.42. The molecule has 2 aromatic rings. The van der Waals surface area contributed by atoms with E-state index in [1.165, 1.54) is 0 Å². The van der Waals surface area contributed by atoms with Gasteiger partial charge in [0.1, 0.15) is 11.9 Å². The quantitative estimate of drug-likeness (QED) is 0.880. The Morgan fingerprint density at radius 3 is 2.67 bits per heavy atom. The van der Waals surface area contributed by atoms with Crippen LogP contribution in [0.25, 0.3) is 11.4 Å². The van der Waals surface area contributed by atoms with Crippen molar-refractivity contribution in [1.82, 2.24) is 20.1 Å². The molecule has 1 aromatic carbocycles. The smallest absolute Gasteiger partial charge is 0.247 e. The lowest BCUT2D eigenvalue weighted by atomic mass is 10.1. The van der Waals surface area contributed by atoms with Crippen LogP contribution in [-0.4, -0.2) is 44.5 Å². The normalized spacial score (nSPS) is 15.6. The van der Waals surface area contributed by atoms with E-state index in [-0.39, 0.29) is 11.8 Å². The Kier molecular flexibility index (Phi) is 4.59. The van der Waals surface area contributed by atoms with Crippen LogP contribution in [0.15, 0.2) is 24.3 Å². The standard InChI is InChI=1S/C17H21N5O2/c1-3-14(22-10-4-5-15(22)23)17(24)19-13-8-6-12(7-9-13)16-18-11(2)20-21-16/h6-9,14H,3-5,10H2,1-2H3,(H,19,24)(H,18,20,21)/t14-/m0/s1. The maximum Gasteiger partial charge on any atom is 0.247 e. The number of benzene rings is 1. The fourth-order valence-electron chi connectivity index (χ4n) is 2.95. The Morgan fingerprint density at radius 1 is 1.38 bits per heavy atom. The van der Waals surface area contributed by atoms with E-state index in [1.54, 1.807) is 4.90 Å². The van der Waals surface area contributed by atoms with Crippen LogP contribution in [0.5, 0.6) is 0 Å². The molecule has 2 amide bonds. The van der Waals surface area contributed by atoms with Crippen LogP contribution >= 0.6 is 0 Å². The Balaban J connectivity index is 1.68. The van der Waals surface area contributed by atoms with Crippen LogP contribution in [0, 0.1) is 6.92 Å². The average molecular weight is 327 g/mol. The summed E-state index contributed by atoms with van der Waals surface area (Å²) in [6.07, 6.45) is 1.97. The van der Waals surface area contributed by atoms with Gasteiger partial charge >= 0.3 is 0 Å². The number of likely N-dealkylation sites (tertiary alicyclic amines) is 1. The first-order chi connectivity index (χ1) is 11.6. The molecule has 126 valence electrons. The zero-order valence-electron chi connectivity index (χ0n) is 13.9. The number of hydrogen-bond donors (Lipinski definition) is 2. The zero-order chi connectivity index (χ0) is 17.1. The van der Waals surface area contributed by atoms with Gasteiger partial charge in [-0.3, -0.25) is 14.7 Å². The van der Waals surface area contributed by atoms with Gasteiger partial charge in [-0.25, -0.2) is 4.98 Å². The van der Waals surface area contributed by atoms with Gasteiger partial charge in [0.15, 0.2) is 5.82 Å². The number of anilines is 1. The van der Waals surface area contributed by atoms with E-state index in [9.17, 15) is 9.59 Å². The lowest BCUT2D eigenvalue weighted by Gasteiger charge is -2.25. The van der Waals surface area contributed by atoms with Gasteiger partial charge in [0.25, 0.3) is 0 Å². The van der Waals surface area contributed by atoms with E-state index >= 15 is 0 Å². The molecule has 1 saturated heterocycles. The topological polar surface area (TPSA) is 91.0 Å².